The Balaban J connectivity index is 1.65. The molecule has 3 amide bonds. The molecular formula is C28H36FN3O4. The van der Waals surface area contributed by atoms with Crippen molar-refractivity contribution >= 4 is 17.9 Å². The van der Waals surface area contributed by atoms with E-state index in [1.165, 1.54) is 24.3 Å². The number of ether oxygens (including phenoxy) is 1. The number of rotatable bonds is 10. The Hall–Kier alpha value is -3.42. The van der Waals surface area contributed by atoms with Gasteiger partial charge < -0.3 is 21.1 Å². The van der Waals surface area contributed by atoms with Gasteiger partial charge >= 0.3 is 6.09 Å². The zero-order valence-electron chi connectivity index (χ0n) is 21.0. The summed E-state index contributed by atoms with van der Waals surface area (Å²) in [6, 6.07) is 12.2. The molecule has 2 aromatic carbocycles. The first-order valence-corrected chi connectivity index (χ1v) is 12.7. The Morgan fingerprint density at radius 2 is 1.61 bits per heavy atom. The molecule has 0 aromatic heterocycles. The van der Waals surface area contributed by atoms with E-state index in [1.54, 1.807) is 0 Å². The molecule has 194 valence electrons. The molecule has 0 bridgehead atoms. The summed E-state index contributed by atoms with van der Waals surface area (Å²) in [5.74, 6) is -1.68. The largest absolute Gasteiger partial charge is 0.445 e. The van der Waals surface area contributed by atoms with Gasteiger partial charge in [0.15, 0.2) is 0 Å². The van der Waals surface area contributed by atoms with Gasteiger partial charge in [-0.25, -0.2) is 9.18 Å². The van der Waals surface area contributed by atoms with E-state index in [2.05, 4.69) is 10.6 Å². The van der Waals surface area contributed by atoms with E-state index in [4.69, 9.17) is 10.5 Å². The maximum absolute atomic E-state index is 13.3. The molecule has 0 spiro atoms. The highest BCUT2D eigenvalue weighted by molar-refractivity contribution is 5.89. The molecule has 1 fully saturated rings. The summed E-state index contributed by atoms with van der Waals surface area (Å²) in [5, 5.41) is 5.64. The van der Waals surface area contributed by atoms with Crippen molar-refractivity contribution in [3.8, 4) is 0 Å². The Morgan fingerprint density at radius 1 is 0.972 bits per heavy atom. The van der Waals surface area contributed by atoms with Crippen LogP contribution in [0.25, 0.3) is 0 Å². The molecular weight excluding hydrogens is 461 g/mol. The summed E-state index contributed by atoms with van der Waals surface area (Å²) in [7, 11) is 0. The topological polar surface area (TPSA) is 111 Å². The molecule has 0 heterocycles. The van der Waals surface area contributed by atoms with Gasteiger partial charge in [0, 0.05) is 12.0 Å². The first-order chi connectivity index (χ1) is 17.3. The molecule has 0 aliphatic heterocycles. The van der Waals surface area contributed by atoms with Gasteiger partial charge in [-0.05, 0) is 60.4 Å². The Kier molecular flexibility index (Phi) is 9.85. The van der Waals surface area contributed by atoms with E-state index >= 15 is 0 Å². The van der Waals surface area contributed by atoms with Crippen LogP contribution in [0.5, 0.6) is 0 Å². The normalized spacial score (nSPS) is 18.3. The third kappa shape index (κ3) is 7.29. The van der Waals surface area contributed by atoms with Gasteiger partial charge in [-0.2, -0.15) is 0 Å². The summed E-state index contributed by atoms with van der Waals surface area (Å²) in [6.07, 6.45) is 4.75. The number of carbonyl (C=O) groups is 3. The van der Waals surface area contributed by atoms with Gasteiger partial charge in [-0.3, -0.25) is 9.59 Å². The molecule has 0 saturated heterocycles. The molecule has 3 unspecified atom stereocenters. The number of halogens is 1. The van der Waals surface area contributed by atoms with Crippen LogP contribution in [0.15, 0.2) is 48.5 Å². The van der Waals surface area contributed by atoms with Crippen LogP contribution in [-0.2, 0) is 20.9 Å². The smallest absolute Gasteiger partial charge is 0.407 e. The van der Waals surface area contributed by atoms with E-state index in [9.17, 15) is 18.8 Å². The molecule has 0 radical (unpaired) electrons. The predicted molar refractivity (Wildman–Crippen MR) is 135 cm³/mol. The minimum absolute atomic E-state index is 0.00590. The number of alkyl carbamates (subject to hydrolysis) is 1. The zero-order chi connectivity index (χ0) is 26.1. The van der Waals surface area contributed by atoms with Gasteiger partial charge in [0.1, 0.15) is 18.5 Å². The van der Waals surface area contributed by atoms with E-state index in [1.807, 2.05) is 38.1 Å². The maximum atomic E-state index is 13.3. The lowest BCUT2D eigenvalue weighted by Gasteiger charge is -2.32. The standard InChI is InChI=1S/C28H36FN3O4/c1-3-22(4-2)31-28(35)36-17-18-9-11-19(12-10-18)23-7-5-6-8-24(23)27(34)32-25(26(30)33)20-13-15-21(29)16-14-20/h9-16,22-25H,3-8,17H2,1-2H3,(H2,30,33)(H,31,35)(H,32,34). The second-order valence-electron chi connectivity index (χ2n) is 9.37. The molecule has 4 N–H and O–H groups in total. The zero-order valence-corrected chi connectivity index (χ0v) is 21.0. The molecule has 3 rings (SSSR count). The predicted octanol–water partition coefficient (Wildman–Crippen LogP) is 4.86. The molecule has 7 nitrogen and oxygen atoms in total. The summed E-state index contributed by atoms with van der Waals surface area (Å²) in [6.45, 7) is 4.20. The van der Waals surface area contributed by atoms with Crippen LogP contribution in [0, 0.1) is 11.7 Å². The lowest BCUT2D eigenvalue weighted by Crippen LogP contribution is -2.42. The van der Waals surface area contributed by atoms with Crippen LogP contribution < -0.4 is 16.4 Å². The fraction of sp³-hybridized carbons (Fsp3) is 0.464. The Labute approximate surface area is 212 Å². The van der Waals surface area contributed by atoms with Crippen molar-refractivity contribution in [3.63, 3.8) is 0 Å². The lowest BCUT2D eigenvalue weighted by molar-refractivity contribution is -0.131. The van der Waals surface area contributed by atoms with Crippen molar-refractivity contribution in [2.75, 3.05) is 0 Å². The van der Waals surface area contributed by atoms with Crippen molar-refractivity contribution in [2.45, 2.75) is 77.0 Å². The van der Waals surface area contributed by atoms with Gasteiger partial charge in [0.25, 0.3) is 0 Å². The van der Waals surface area contributed by atoms with Gasteiger partial charge in [-0.1, -0.05) is 63.1 Å². The number of benzene rings is 2. The monoisotopic (exact) mass is 497 g/mol. The molecule has 36 heavy (non-hydrogen) atoms. The third-order valence-corrected chi connectivity index (χ3v) is 6.96. The van der Waals surface area contributed by atoms with Gasteiger partial charge in [0.05, 0.1) is 0 Å². The van der Waals surface area contributed by atoms with E-state index in [0.717, 1.165) is 43.2 Å². The Bertz CT molecular complexity index is 1020. The number of primary amides is 1. The number of carbonyl (C=O) groups excluding carboxylic acids is 3. The van der Waals surface area contributed by atoms with Gasteiger partial charge in [-0.15, -0.1) is 0 Å². The van der Waals surface area contributed by atoms with Crippen LogP contribution in [0.2, 0.25) is 0 Å². The lowest BCUT2D eigenvalue weighted by atomic mass is 9.74. The molecule has 2 aromatic rings. The number of amides is 3. The van der Waals surface area contributed by atoms with E-state index < -0.39 is 23.9 Å². The van der Waals surface area contributed by atoms with Crippen molar-refractivity contribution in [2.24, 2.45) is 11.7 Å². The molecule has 3 atom stereocenters. The van der Waals surface area contributed by atoms with Crippen LogP contribution in [0.1, 0.15) is 81.0 Å². The fourth-order valence-electron chi connectivity index (χ4n) is 4.78. The second-order valence-corrected chi connectivity index (χ2v) is 9.37. The molecule has 1 saturated carbocycles. The van der Waals surface area contributed by atoms with Crippen molar-refractivity contribution in [1.82, 2.24) is 10.6 Å². The minimum Gasteiger partial charge on any atom is -0.445 e. The Morgan fingerprint density at radius 3 is 2.22 bits per heavy atom. The number of nitrogens with one attached hydrogen (secondary N) is 2. The highest BCUT2D eigenvalue weighted by Crippen LogP contribution is 2.38. The number of hydrogen-bond donors (Lipinski definition) is 3. The average Bonchev–Trinajstić information content (AvgIpc) is 2.89. The van der Waals surface area contributed by atoms with Crippen LogP contribution >= 0.6 is 0 Å². The average molecular weight is 498 g/mol. The van der Waals surface area contributed by atoms with Crippen LogP contribution in [-0.4, -0.2) is 23.9 Å². The SMILES string of the molecule is CCC(CC)NC(=O)OCc1ccc(C2CCCCC2C(=O)NC(C(N)=O)c2ccc(F)cc2)cc1. The van der Waals surface area contributed by atoms with Crippen LogP contribution in [0.4, 0.5) is 9.18 Å². The molecule has 1 aliphatic carbocycles. The highest BCUT2D eigenvalue weighted by Gasteiger charge is 2.34. The minimum atomic E-state index is -1.02. The maximum Gasteiger partial charge on any atom is 0.407 e. The highest BCUT2D eigenvalue weighted by atomic mass is 19.1. The molecule has 1 aliphatic rings. The molecule has 8 heteroatoms. The summed E-state index contributed by atoms with van der Waals surface area (Å²) in [5.41, 5.74) is 7.88. The third-order valence-electron chi connectivity index (χ3n) is 6.96. The van der Waals surface area contributed by atoms with Gasteiger partial charge in [0.2, 0.25) is 11.8 Å². The fourth-order valence-corrected chi connectivity index (χ4v) is 4.78. The first kappa shape index (κ1) is 27.2. The van der Waals surface area contributed by atoms with Crippen molar-refractivity contribution in [1.29, 1.82) is 0 Å². The quantitative estimate of drug-likeness (QED) is 0.435. The summed E-state index contributed by atoms with van der Waals surface area (Å²) < 4.78 is 18.6. The van der Waals surface area contributed by atoms with Crippen molar-refractivity contribution < 1.29 is 23.5 Å². The first-order valence-electron chi connectivity index (χ1n) is 12.7. The summed E-state index contributed by atoms with van der Waals surface area (Å²) in [4.78, 5) is 37.3. The number of nitrogens with two attached hydrogens (primary N) is 1. The summed E-state index contributed by atoms with van der Waals surface area (Å²) >= 11 is 0. The van der Waals surface area contributed by atoms with Crippen molar-refractivity contribution in [3.05, 3.63) is 71.0 Å². The van der Waals surface area contributed by atoms with E-state index in [0.29, 0.717) is 12.0 Å². The number of hydrogen-bond acceptors (Lipinski definition) is 4. The van der Waals surface area contributed by atoms with Crippen LogP contribution in [0.3, 0.4) is 0 Å². The second kappa shape index (κ2) is 13.0. The van der Waals surface area contributed by atoms with E-state index in [-0.39, 0.29) is 30.4 Å².